The Balaban J connectivity index is 2.12. The van der Waals surface area contributed by atoms with Crippen molar-refractivity contribution in [2.24, 2.45) is 0 Å². The summed E-state index contributed by atoms with van der Waals surface area (Å²) in [5, 5.41) is 13.5. The smallest absolute Gasteiger partial charge is 0.297 e. The number of non-ortho nitro benzene ring substituents is 1. The van der Waals surface area contributed by atoms with Crippen LogP contribution in [-0.4, -0.2) is 32.5 Å². The zero-order chi connectivity index (χ0) is 13.9. The van der Waals surface area contributed by atoms with E-state index >= 15 is 0 Å². The summed E-state index contributed by atoms with van der Waals surface area (Å²) in [5.41, 5.74) is -0.154. The largest absolute Gasteiger partial charge is 0.314 e. The summed E-state index contributed by atoms with van der Waals surface area (Å²) in [6.45, 7) is 1.35. The third-order valence-corrected chi connectivity index (χ3v) is 4.23. The van der Waals surface area contributed by atoms with E-state index in [1.807, 2.05) is 0 Å². The van der Waals surface area contributed by atoms with Gasteiger partial charge in [0, 0.05) is 18.7 Å². The Morgan fingerprint density at radius 1 is 1.32 bits per heavy atom. The van der Waals surface area contributed by atoms with E-state index < -0.39 is 15.0 Å². The van der Waals surface area contributed by atoms with Gasteiger partial charge in [0.1, 0.15) is 0 Å². The van der Waals surface area contributed by atoms with Gasteiger partial charge >= 0.3 is 0 Å². The highest BCUT2D eigenvalue weighted by Gasteiger charge is 2.23. The lowest BCUT2D eigenvalue weighted by Gasteiger charge is -2.22. The Kier molecular flexibility index (Phi) is 4.13. The van der Waals surface area contributed by atoms with Crippen LogP contribution in [0.25, 0.3) is 0 Å². The lowest BCUT2D eigenvalue weighted by molar-refractivity contribution is -0.384. The van der Waals surface area contributed by atoms with Gasteiger partial charge in [-0.15, -0.1) is 0 Å². The number of piperidine rings is 1. The second kappa shape index (κ2) is 5.64. The topological polar surface area (TPSA) is 98.5 Å². The molecule has 1 heterocycles. The summed E-state index contributed by atoms with van der Waals surface area (Å²) in [4.78, 5) is 9.85. The van der Waals surface area contributed by atoms with Gasteiger partial charge in [0.05, 0.1) is 15.9 Å². The number of hydrogen-bond donors (Lipinski definition) is 1. The third-order valence-electron chi connectivity index (χ3n) is 2.85. The minimum atomic E-state index is -3.86. The van der Waals surface area contributed by atoms with Crippen LogP contribution in [0.1, 0.15) is 12.8 Å². The van der Waals surface area contributed by atoms with Crippen molar-refractivity contribution in [2.75, 3.05) is 13.1 Å². The lowest BCUT2D eigenvalue weighted by atomic mass is 10.1. The van der Waals surface area contributed by atoms with E-state index in [4.69, 9.17) is 4.18 Å². The molecule has 19 heavy (non-hydrogen) atoms. The molecule has 7 nitrogen and oxygen atoms in total. The fourth-order valence-electron chi connectivity index (χ4n) is 1.87. The number of nitrogens with one attached hydrogen (secondary N) is 1. The number of benzene rings is 1. The molecule has 0 aromatic heterocycles. The number of hydrogen-bond acceptors (Lipinski definition) is 6. The minimum absolute atomic E-state index is 0.0660. The van der Waals surface area contributed by atoms with Crippen molar-refractivity contribution in [3.8, 4) is 0 Å². The van der Waals surface area contributed by atoms with Crippen molar-refractivity contribution < 1.29 is 17.5 Å². The Bertz CT molecular complexity index is 549. The predicted octanol–water partition coefficient (Wildman–Crippen LogP) is 1.05. The Morgan fingerprint density at radius 3 is 2.53 bits per heavy atom. The first kappa shape index (κ1) is 13.9. The third kappa shape index (κ3) is 3.49. The quantitative estimate of drug-likeness (QED) is 0.504. The van der Waals surface area contributed by atoms with E-state index in [0.717, 1.165) is 25.1 Å². The molecule has 0 spiro atoms. The van der Waals surface area contributed by atoms with Crippen LogP contribution in [0.15, 0.2) is 29.2 Å². The molecule has 8 heteroatoms. The summed E-state index contributed by atoms with van der Waals surface area (Å²) in [7, 11) is -3.86. The summed E-state index contributed by atoms with van der Waals surface area (Å²) >= 11 is 0. The van der Waals surface area contributed by atoms with Crippen LogP contribution < -0.4 is 5.32 Å². The highest BCUT2D eigenvalue weighted by Crippen LogP contribution is 2.20. The van der Waals surface area contributed by atoms with Crippen LogP contribution in [0.3, 0.4) is 0 Å². The van der Waals surface area contributed by atoms with E-state index in [0.29, 0.717) is 13.0 Å². The summed E-state index contributed by atoms with van der Waals surface area (Å²) in [6, 6.07) is 4.66. The second-order valence-corrected chi connectivity index (χ2v) is 5.84. The van der Waals surface area contributed by atoms with Gasteiger partial charge < -0.3 is 5.32 Å². The fraction of sp³-hybridized carbons (Fsp3) is 0.455. The van der Waals surface area contributed by atoms with Crippen molar-refractivity contribution >= 4 is 15.8 Å². The predicted molar refractivity (Wildman–Crippen MR) is 67.3 cm³/mol. The van der Waals surface area contributed by atoms with Gasteiger partial charge in [-0.3, -0.25) is 14.3 Å². The molecule has 0 bridgehead atoms. The van der Waals surface area contributed by atoms with Gasteiger partial charge in [0.2, 0.25) is 0 Å². The standard InChI is InChI=1S/C11H14N2O5S/c14-13(15)9-3-5-11(6-4-9)19(16,17)18-10-2-1-7-12-8-10/h3-6,10,12H,1-2,7-8H2. The Morgan fingerprint density at radius 2 is 2.00 bits per heavy atom. The molecule has 0 amide bonds. The molecule has 1 saturated heterocycles. The maximum absolute atomic E-state index is 12.0. The average Bonchev–Trinajstić information content (AvgIpc) is 2.39. The molecule has 0 saturated carbocycles. The number of nitrogens with zero attached hydrogens (tertiary/aromatic N) is 1. The van der Waals surface area contributed by atoms with Crippen molar-refractivity contribution in [2.45, 2.75) is 23.8 Å². The molecule has 104 valence electrons. The SMILES string of the molecule is O=[N+]([O-])c1ccc(S(=O)(=O)OC2CCCNC2)cc1. The maximum atomic E-state index is 12.0. The first-order valence-electron chi connectivity index (χ1n) is 5.87. The average molecular weight is 286 g/mol. The molecular formula is C11H14N2O5S. The van der Waals surface area contributed by atoms with Gasteiger partial charge in [0.15, 0.2) is 0 Å². The van der Waals surface area contributed by atoms with E-state index in [2.05, 4.69) is 5.32 Å². The van der Waals surface area contributed by atoms with Crippen LogP contribution in [0.4, 0.5) is 5.69 Å². The van der Waals surface area contributed by atoms with Crippen molar-refractivity contribution in [1.82, 2.24) is 5.32 Å². The first-order chi connectivity index (χ1) is 8.99. The highest BCUT2D eigenvalue weighted by molar-refractivity contribution is 7.86. The molecular weight excluding hydrogens is 272 g/mol. The Hall–Kier alpha value is -1.51. The monoisotopic (exact) mass is 286 g/mol. The minimum Gasteiger partial charge on any atom is -0.314 e. The lowest BCUT2D eigenvalue weighted by Crippen LogP contribution is -2.36. The van der Waals surface area contributed by atoms with Crippen LogP contribution in [0, 0.1) is 10.1 Å². The van der Waals surface area contributed by atoms with E-state index in [9.17, 15) is 18.5 Å². The first-order valence-corrected chi connectivity index (χ1v) is 7.28. The van der Waals surface area contributed by atoms with Crippen LogP contribution >= 0.6 is 0 Å². The molecule has 1 aromatic carbocycles. The van der Waals surface area contributed by atoms with Gasteiger partial charge in [-0.25, -0.2) is 0 Å². The Labute approximate surface area is 110 Å². The molecule has 2 rings (SSSR count). The summed E-state index contributed by atoms with van der Waals surface area (Å²) in [6.07, 6.45) is 1.16. The molecule has 1 aliphatic heterocycles. The molecule has 1 fully saturated rings. The molecule has 0 aliphatic carbocycles. The van der Waals surface area contributed by atoms with Crippen LogP contribution in [0.5, 0.6) is 0 Å². The maximum Gasteiger partial charge on any atom is 0.297 e. The molecule has 1 aliphatic rings. The number of nitro benzene ring substituents is 1. The zero-order valence-electron chi connectivity index (χ0n) is 10.1. The van der Waals surface area contributed by atoms with Crippen molar-refractivity contribution in [1.29, 1.82) is 0 Å². The van der Waals surface area contributed by atoms with E-state index in [1.165, 1.54) is 12.1 Å². The van der Waals surface area contributed by atoms with Gasteiger partial charge in [0.25, 0.3) is 15.8 Å². The summed E-state index contributed by atoms with van der Waals surface area (Å²) < 4.78 is 29.0. The van der Waals surface area contributed by atoms with Crippen LogP contribution in [0.2, 0.25) is 0 Å². The van der Waals surface area contributed by atoms with E-state index in [-0.39, 0.29) is 16.7 Å². The van der Waals surface area contributed by atoms with E-state index in [1.54, 1.807) is 0 Å². The normalized spacial score (nSPS) is 20.1. The molecule has 0 radical (unpaired) electrons. The highest BCUT2D eigenvalue weighted by atomic mass is 32.2. The second-order valence-electron chi connectivity index (χ2n) is 4.27. The number of nitro groups is 1. The van der Waals surface area contributed by atoms with Gasteiger partial charge in [-0.1, -0.05) is 0 Å². The zero-order valence-corrected chi connectivity index (χ0v) is 10.9. The molecule has 1 unspecified atom stereocenters. The van der Waals surface area contributed by atoms with Crippen molar-refractivity contribution in [3.63, 3.8) is 0 Å². The van der Waals surface area contributed by atoms with Crippen molar-refractivity contribution in [3.05, 3.63) is 34.4 Å². The fourth-order valence-corrected chi connectivity index (χ4v) is 2.97. The molecule has 1 aromatic rings. The summed E-state index contributed by atoms with van der Waals surface area (Å²) in [5.74, 6) is 0. The van der Waals surface area contributed by atoms with Gasteiger partial charge in [-0.05, 0) is 31.5 Å². The van der Waals surface area contributed by atoms with Gasteiger partial charge in [-0.2, -0.15) is 8.42 Å². The van der Waals surface area contributed by atoms with Crippen LogP contribution in [-0.2, 0) is 14.3 Å². The molecule has 1 atom stereocenters. The number of rotatable bonds is 4. The molecule has 1 N–H and O–H groups in total.